The third-order valence-corrected chi connectivity index (χ3v) is 4.82. The third-order valence-electron chi connectivity index (χ3n) is 4.82. The zero-order valence-electron chi connectivity index (χ0n) is 12.7. The van der Waals surface area contributed by atoms with Gasteiger partial charge >= 0.3 is 0 Å². The van der Waals surface area contributed by atoms with Gasteiger partial charge in [-0.05, 0) is 71.4 Å². The van der Waals surface area contributed by atoms with Crippen molar-refractivity contribution in [3.05, 3.63) is 65.2 Å². The summed E-state index contributed by atoms with van der Waals surface area (Å²) in [7, 11) is 0. The maximum absolute atomic E-state index is 2.35. The minimum absolute atomic E-state index is 1.21. The van der Waals surface area contributed by atoms with Gasteiger partial charge in [-0.1, -0.05) is 54.1 Å². The summed E-state index contributed by atoms with van der Waals surface area (Å²) in [5.41, 5.74) is 6.08. The molecule has 3 aromatic rings. The maximum Gasteiger partial charge on any atom is -0.0102 e. The quantitative estimate of drug-likeness (QED) is 0.432. The van der Waals surface area contributed by atoms with Gasteiger partial charge in [0, 0.05) is 0 Å². The van der Waals surface area contributed by atoms with E-state index >= 15 is 0 Å². The minimum Gasteiger partial charge on any atom is -0.0726 e. The van der Waals surface area contributed by atoms with Crippen molar-refractivity contribution in [3.8, 4) is 0 Å². The lowest BCUT2D eigenvalue weighted by Gasteiger charge is -2.23. The summed E-state index contributed by atoms with van der Waals surface area (Å²) < 4.78 is 0. The first-order chi connectivity index (χ1) is 10.3. The summed E-state index contributed by atoms with van der Waals surface area (Å²) in [5, 5.41) is 5.57. The molecule has 0 aromatic heterocycles. The first-order valence-corrected chi connectivity index (χ1v) is 7.86. The standard InChI is InChI=1S/C21H20/c1-14(2)16-8-5-9-18-19(16)12-13-20-17-7-4-3-6-15(17)10-11-21(18)20/h3-4,6-7,10-13H,5,8-9H2,1-2H3. The van der Waals surface area contributed by atoms with Gasteiger partial charge < -0.3 is 0 Å². The Morgan fingerprint density at radius 2 is 1.57 bits per heavy atom. The maximum atomic E-state index is 2.35. The summed E-state index contributed by atoms with van der Waals surface area (Å²) in [6.45, 7) is 4.49. The first kappa shape index (κ1) is 12.6. The van der Waals surface area contributed by atoms with Crippen LogP contribution in [0, 0.1) is 0 Å². The van der Waals surface area contributed by atoms with Crippen LogP contribution in [0.5, 0.6) is 0 Å². The van der Waals surface area contributed by atoms with Crippen LogP contribution in [-0.4, -0.2) is 0 Å². The Morgan fingerprint density at radius 3 is 2.43 bits per heavy atom. The van der Waals surface area contributed by atoms with Crippen molar-refractivity contribution in [3.63, 3.8) is 0 Å². The van der Waals surface area contributed by atoms with E-state index in [9.17, 15) is 0 Å². The Labute approximate surface area is 126 Å². The molecule has 0 atom stereocenters. The van der Waals surface area contributed by atoms with E-state index in [0.717, 1.165) is 0 Å². The van der Waals surface area contributed by atoms with Crippen molar-refractivity contribution in [2.45, 2.75) is 33.1 Å². The van der Waals surface area contributed by atoms with Crippen LogP contribution in [0.25, 0.3) is 27.1 Å². The molecule has 21 heavy (non-hydrogen) atoms. The van der Waals surface area contributed by atoms with Gasteiger partial charge in [0.1, 0.15) is 0 Å². The SMILES string of the molecule is CC(C)=C1CCCc2c1ccc1c2ccc2ccccc21. The Kier molecular flexibility index (Phi) is 2.85. The average Bonchev–Trinajstić information content (AvgIpc) is 2.53. The second-order valence-corrected chi connectivity index (χ2v) is 6.31. The van der Waals surface area contributed by atoms with Crippen molar-refractivity contribution in [2.24, 2.45) is 0 Å². The van der Waals surface area contributed by atoms with Crippen molar-refractivity contribution >= 4 is 27.1 Å². The normalized spacial score (nSPS) is 14.5. The van der Waals surface area contributed by atoms with E-state index < -0.39 is 0 Å². The van der Waals surface area contributed by atoms with Crippen molar-refractivity contribution in [1.29, 1.82) is 0 Å². The van der Waals surface area contributed by atoms with E-state index in [1.165, 1.54) is 51.9 Å². The smallest absolute Gasteiger partial charge is 0.0102 e. The predicted molar refractivity (Wildman–Crippen MR) is 92.7 cm³/mol. The average molecular weight is 272 g/mol. The number of aryl methyl sites for hydroxylation is 1. The molecule has 0 radical (unpaired) electrons. The molecule has 0 nitrogen and oxygen atoms in total. The molecule has 0 amide bonds. The lowest BCUT2D eigenvalue weighted by molar-refractivity contribution is 0.824. The third kappa shape index (κ3) is 1.90. The Hall–Kier alpha value is -2.08. The monoisotopic (exact) mass is 272 g/mol. The lowest BCUT2D eigenvalue weighted by Crippen LogP contribution is -2.04. The van der Waals surface area contributed by atoms with Crippen LogP contribution in [0.1, 0.15) is 37.8 Å². The summed E-state index contributed by atoms with van der Waals surface area (Å²) in [4.78, 5) is 0. The first-order valence-electron chi connectivity index (χ1n) is 7.86. The van der Waals surface area contributed by atoms with Gasteiger partial charge in [0.2, 0.25) is 0 Å². The summed E-state index contributed by atoms with van der Waals surface area (Å²) in [6.07, 6.45) is 3.72. The fourth-order valence-electron chi connectivity index (χ4n) is 3.80. The van der Waals surface area contributed by atoms with E-state index in [2.05, 4.69) is 62.4 Å². The number of hydrogen-bond acceptors (Lipinski definition) is 0. The number of rotatable bonds is 0. The fourth-order valence-corrected chi connectivity index (χ4v) is 3.80. The van der Waals surface area contributed by atoms with Gasteiger partial charge in [0.15, 0.2) is 0 Å². The highest BCUT2D eigenvalue weighted by atomic mass is 14.2. The molecule has 0 N–H and O–H groups in total. The predicted octanol–water partition coefficient (Wildman–Crippen LogP) is 6.12. The van der Waals surface area contributed by atoms with E-state index in [0.29, 0.717) is 0 Å². The van der Waals surface area contributed by atoms with Crippen LogP contribution in [-0.2, 0) is 6.42 Å². The molecule has 104 valence electrons. The molecule has 4 rings (SSSR count). The van der Waals surface area contributed by atoms with Crippen molar-refractivity contribution in [2.75, 3.05) is 0 Å². The molecule has 0 aliphatic heterocycles. The van der Waals surface area contributed by atoms with Crippen LogP contribution in [0.15, 0.2) is 54.1 Å². The van der Waals surface area contributed by atoms with Crippen molar-refractivity contribution in [1.82, 2.24) is 0 Å². The number of hydrogen-bond donors (Lipinski definition) is 0. The largest absolute Gasteiger partial charge is 0.0726 e. The number of fused-ring (bicyclic) bond motifs is 5. The Balaban J connectivity index is 2.11. The summed E-state index contributed by atoms with van der Waals surface area (Å²) in [6, 6.07) is 18.0. The molecule has 0 spiro atoms. The highest BCUT2D eigenvalue weighted by Gasteiger charge is 2.17. The van der Waals surface area contributed by atoms with Gasteiger partial charge in [-0.3, -0.25) is 0 Å². The molecule has 0 saturated carbocycles. The molecular formula is C21H20. The van der Waals surface area contributed by atoms with Crippen LogP contribution in [0.2, 0.25) is 0 Å². The fraction of sp³-hybridized carbons (Fsp3) is 0.238. The van der Waals surface area contributed by atoms with Crippen LogP contribution in [0.3, 0.4) is 0 Å². The van der Waals surface area contributed by atoms with Gasteiger partial charge in [-0.25, -0.2) is 0 Å². The highest BCUT2D eigenvalue weighted by Crippen LogP contribution is 2.38. The molecule has 0 fully saturated rings. The molecule has 0 bridgehead atoms. The van der Waals surface area contributed by atoms with Crippen LogP contribution < -0.4 is 0 Å². The Morgan fingerprint density at radius 1 is 0.762 bits per heavy atom. The van der Waals surface area contributed by atoms with Gasteiger partial charge in [-0.2, -0.15) is 0 Å². The van der Waals surface area contributed by atoms with Crippen LogP contribution >= 0.6 is 0 Å². The molecule has 1 aliphatic rings. The molecule has 0 heterocycles. The second kappa shape index (κ2) is 4.73. The highest BCUT2D eigenvalue weighted by molar-refractivity contribution is 6.09. The van der Waals surface area contributed by atoms with Gasteiger partial charge in [0.25, 0.3) is 0 Å². The molecule has 0 saturated heterocycles. The zero-order chi connectivity index (χ0) is 14.4. The lowest BCUT2D eigenvalue weighted by atomic mass is 9.82. The summed E-state index contributed by atoms with van der Waals surface area (Å²) >= 11 is 0. The van der Waals surface area contributed by atoms with Gasteiger partial charge in [-0.15, -0.1) is 0 Å². The van der Waals surface area contributed by atoms with Crippen molar-refractivity contribution < 1.29 is 0 Å². The molecular weight excluding hydrogens is 252 g/mol. The topological polar surface area (TPSA) is 0 Å². The number of benzene rings is 3. The minimum atomic E-state index is 1.21. The molecule has 0 unspecified atom stereocenters. The number of allylic oxidation sites excluding steroid dienone is 2. The summed E-state index contributed by atoms with van der Waals surface area (Å²) in [5.74, 6) is 0. The second-order valence-electron chi connectivity index (χ2n) is 6.31. The van der Waals surface area contributed by atoms with E-state index in [4.69, 9.17) is 0 Å². The van der Waals surface area contributed by atoms with E-state index in [-0.39, 0.29) is 0 Å². The van der Waals surface area contributed by atoms with Gasteiger partial charge in [0.05, 0.1) is 0 Å². The van der Waals surface area contributed by atoms with Crippen LogP contribution in [0.4, 0.5) is 0 Å². The van der Waals surface area contributed by atoms with E-state index in [1.807, 2.05) is 0 Å². The molecule has 0 heteroatoms. The molecule has 1 aliphatic carbocycles. The zero-order valence-corrected chi connectivity index (χ0v) is 12.7. The Bertz CT molecular complexity index is 877. The van der Waals surface area contributed by atoms with E-state index in [1.54, 1.807) is 11.1 Å². The molecule has 3 aromatic carbocycles.